The standard InChI is InChI=1S/C24H39N5O2.HI/c1-25-24(27-18-23(30)28-20-9-5-3-6-10-20)26-17-22(29-15-7-4-8-16-29)19-11-13-21(31-2)14-12-19;/h11-14,20,22H,3-10,15-18H2,1-2H3,(H,28,30)(H2,25,26,27);1H. The maximum absolute atomic E-state index is 12.3. The summed E-state index contributed by atoms with van der Waals surface area (Å²) in [5, 5.41) is 9.76. The molecule has 32 heavy (non-hydrogen) atoms. The third-order valence-corrected chi connectivity index (χ3v) is 6.41. The van der Waals surface area contributed by atoms with Crippen LogP contribution in [0.5, 0.6) is 5.75 Å². The number of methoxy groups -OCH3 is 1. The molecule has 0 radical (unpaired) electrons. The van der Waals surface area contributed by atoms with Gasteiger partial charge < -0.3 is 20.7 Å². The summed E-state index contributed by atoms with van der Waals surface area (Å²) in [6.07, 6.45) is 9.68. The van der Waals surface area contributed by atoms with Gasteiger partial charge in [0.2, 0.25) is 5.91 Å². The second-order valence-electron chi connectivity index (χ2n) is 8.59. The number of carbonyl (C=O) groups is 1. The van der Waals surface area contributed by atoms with Crippen molar-refractivity contribution in [3.8, 4) is 5.75 Å². The minimum absolute atomic E-state index is 0. The van der Waals surface area contributed by atoms with E-state index in [2.05, 4.69) is 38.0 Å². The van der Waals surface area contributed by atoms with Crippen molar-refractivity contribution >= 4 is 35.8 Å². The number of amides is 1. The van der Waals surface area contributed by atoms with E-state index < -0.39 is 0 Å². The molecule has 1 aromatic carbocycles. The first kappa shape index (κ1) is 26.7. The van der Waals surface area contributed by atoms with E-state index in [1.165, 1.54) is 44.1 Å². The molecule has 180 valence electrons. The van der Waals surface area contributed by atoms with Crippen molar-refractivity contribution in [2.24, 2.45) is 4.99 Å². The molecule has 7 nitrogen and oxygen atoms in total. The van der Waals surface area contributed by atoms with E-state index in [1.807, 2.05) is 12.1 Å². The molecule has 3 rings (SSSR count). The van der Waals surface area contributed by atoms with E-state index in [0.29, 0.717) is 12.0 Å². The Morgan fingerprint density at radius 3 is 2.34 bits per heavy atom. The number of hydrogen-bond donors (Lipinski definition) is 3. The number of hydrogen-bond acceptors (Lipinski definition) is 4. The zero-order valence-electron chi connectivity index (χ0n) is 19.6. The Hall–Kier alpha value is -1.55. The zero-order chi connectivity index (χ0) is 21.9. The van der Waals surface area contributed by atoms with E-state index in [1.54, 1.807) is 14.2 Å². The maximum Gasteiger partial charge on any atom is 0.239 e. The van der Waals surface area contributed by atoms with Gasteiger partial charge in [0.15, 0.2) is 5.96 Å². The summed E-state index contributed by atoms with van der Waals surface area (Å²) in [6.45, 7) is 3.19. The van der Waals surface area contributed by atoms with Crippen LogP contribution in [0.4, 0.5) is 0 Å². The van der Waals surface area contributed by atoms with Crippen LogP contribution in [0.15, 0.2) is 29.3 Å². The monoisotopic (exact) mass is 557 g/mol. The zero-order valence-corrected chi connectivity index (χ0v) is 21.9. The minimum Gasteiger partial charge on any atom is -0.497 e. The first-order chi connectivity index (χ1) is 15.2. The number of aliphatic imine (C=N–C) groups is 1. The Labute approximate surface area is 210 Å². The Bertz CT molecular complexity index is 701. The van der Waals surface area contributed by atoms with Crippen LogP contribution in [-0.4, -0.2) is 63.1 Å². The fraction of sp³-hybridized carbons (Fsp3) is 0.667. The van der Waals surface area contributed by atoms with Crippen molar-refractivity contribution < 1.29 is 9.53 Å². The summed E-state index contributed by atoms with van der Waals surface area (Å²) >= 11 is 0. The topological polar surface area (TPSA) is 78.0 Å². The molecule has 1 unspecified atom stereocenters. The fourth-order valence-corrected chi connectivity index (χ4v) is 4.62. The fourth-order valence-electron chi connectivity index (χ4n) is 4.62. The van der Waals surface area contributed by atoms with E-state index in [9.17, 15) is 4.79 Å². The quantitative estimate of drug-likeness (QED) is 0.259. The Morgan fingerprint density at radius 1 is 1.06 bits per heavy atom. The van der Waals surface area contributed by atoms with Gasteiger partial charge in [-0.25, -0.2) is 0 Å². The predicted molar refractivity (Wildman–Crippen MR) is 141 cm³/mol. The van der Waals surface area contributed by atoms with Gasteiger partial charge in [0.25, 0.3) is 0 Å². The lowest BCUT2D eigenvalue weighted by Gasteiger charge is -2.35. The van der Waals surface area contributed by atoms with Gasteiger partial charge >= 0.3 is 0 Å². The summed E-state index contributed by atoms with van der Waals surface area (Å²) in [4.78, 5) is 19.2. The maximum atomic E-state index is 12.3. The lowest BCUT2D eigenvalue weighted by atomic mass is 9.95. The molecule has 0 bridgehead atoms. The van der Waals surface area contributed by atoms with E-state index >= 15 is 0 Å². The lowest BCUT2D eigenvalue weighted by Crippen LogP contribution is -2.48. The van der Waals surface area contributed by atoms with Crippen LogP contribution in [0.2, 0.25) is 0 Å². The smallest absolute Gasteiger partial charge is 0.239 e. The Morgan fingerprint density at radius 2 is 1.72 bits per heavy atom. The third kappa shape index (κ3) is 8.42. The Kier molecular flexibility index (Phi) is 12.2. The second-order valence-corrected chi connectivity index (χ2v) is 8.59. The molecule has 1 saturated carbocycles. The summed E-state index contributed by atoms with van der Waals surface area (Å²) in [5.41, 5.74) is 1.26. The van der Waals surface area contributed by atoms with Crippen molar-refractivity contribution in [1.82, 2.24) is 20.9 Å². The molecule has 1 aliphatic carbocycles. The molecule has 1 saturated heterocycles. The first-order valence-corrected chi connectivity index (χ1v) is 11.8. The van der Waals surface area contributed by atoms with E-state index in [4.69, 9.17) is 4.74 Å². The molecule has 0 spiro atoms. The number of benzene rings is 1. The number of ether oxygens (including phenoxy) is 1. The van der Waals surface area contributed by atoms with Gasteiger partial charge in [-0.1, -0.05) is 37.8 Å². The Balaban J connectivity index is 0.00000363. The van der Waals surface area contributed by atoms with Gasteiger partial charge in [0, 0.05) is 19.6 Å². The SMILES string of the molecule is CN=C(NCC(=O)NC1CCCCC1)NCC(c1ccc(OC)cc1)N1CCCCC1.I. The number of carbonyl (C=O) groups excluding carboxylic acids is 1. The number of likely N-dealkylation sites (tertiary alicyclic amines) is 1. The molecular formula is C24H40IN5O2. The van der Waals surface area contributed by atoms with Crippen LogP contribution >= 0.6 is 24.0 Å². The second kappa shape index (κ2) is 14.6. The van der Waals surface area contributed by atoms with E-state index in [-0.39, 0.29) is 42.5 Å². The number of nitrogens with one attached hydrogen (secondary N) is 3. The van der Waals surface area contributed by atoms with Crippen LogP contribution in [-0.2, 0) is 4.79 Å². The summed E-state index contributed by atoms with van der Waals surface area (Å²) in [6, 6.07) is 8.92. The average molecular weight is 558 g/mol. The molecule has 1 atom stereocenters. The molecular weight excluding hydrogens is 517 g/mol. The number of guanidine groups is 1. The van der Waals surface area contributed by atoms with Gasteiger partial charge in [0.05, 0.1) is 19.7 Å². The van der Waals surface area contributed by atoms with Crippen LogP contribution in [0.25, 0.3) is 0 Å². The van der Waals surface area contributed by atoms with Crippen molar-refractivity contribution in [3.63, 3.8) is 0 Å². The highest BCUT2D eigenvalue weighted by Crippen LogP contribution is 2.25. The lowest BCUT2D eigenvalue weighted by molar-refractivity contribution is -0.120. The van der Waals surface area contributed by atoms with Crippen molar-refractivity contribution in [1.29, 1.82) is 0 Å². The normalized spacial score (nSPS) is 18.9. The number of nitrogens with zero attached hydrogens (tertiary/aromatic N) is 2. The van der Waals surface area contributed by atoms with Gasteiger partial charge in [0.1, 0.15) is 5.75 Å². The van der Waals surface area contributed by atoms with Gasteiger partial charge in [-0.3, -0.25) is 14.7 Å². The molecule has 1 aromatic rings. The first-order valence-electron chi connectivity index (χ1n) is 11.8. The molecule has 1 aliphatic heterocycles. The minimum atomic E-state index is 0. The highest BCUT2D eigenvalue weighted by Gasteiger charge is 2.23. The van der Waals surface area contributed by atoms with Crippen LogP contribution in [0, 0.1) is 0 Å². The average Bonchev–Trinajstić information content (AvgIpc) is 2.83. The molecule has 2 fully saturated rings. The number of halogens is 1. The summed E-state index contributed by atoms with van der Waals surface area (Å²) in [5.74, 6) is 1.57. The molecule has 0 aromatic heterocycles. The summed E-state index contributed by atoms with van der Waals surface area (Å²) < 4.78 is 5.32. The van der Waals surface area contributed by atoms with Crippen LogP contribution < -0.4 is 20.7 Å². The van der Waals surface area contributed by atoms with Gasteiger partial charge in [-0.15, -0.1) is 24.0 Å². The van der Waals surface area contributed by atoms with Gasteiger partial charge in [-0.2, -0.15) is 0 Å². The van der Waals surface area contributed by atoms with Crippen molar-refractivity contribution in [2.75, 3.05) is 40.3 Å². The molecule has 8 heteroatoms. The largest absolute Gasteiger partial charge is 0.497 e. The molecule has 2 aliphatic rings. The molecule has 1 heterocycles. The van der Waals surface area contributed by atoms with Crippen molar-refractivity contribution in [2.45, 2.75) is 63.5 Å². The number of rotatable bonds is 8. The predicted octanol–water partition coefficient (Wildman–Crippen LogP) is 3.45. The highest BCUT2D eigenvalue weighted by atomic mass is 127. The van der Waals surface area contributed by atoms with Gasteiger partial charge in [-0.05, 0) is 56.5 Å². The highest BCUT2D eigenvalue weighted by molar-refractivity contribution is 14.0. The van der Waals surface area contributed by atoms with E-state index in [0.717, 1.165) is 38.2 Å². The van der Waals surface area contributed by atoms with Crippen LogP contribution in [0.3, 0.4) is 0 Å². The van der Waals surface area contributed by atoms with Crippen molar-refractivity contribution in [3.05, 3.63) is 29.8 Å². The molecule has 3 N–H and O–H groups in total. The molecule has 1 amide bonds. The third-order valence-electron chi connectivity index (χ3n) is 6.41. The van der Waals surface area contributed by atoms with Crippen LogP contribution in [0.1, 0.15) is 63.0 Å². The summed E-state index contributed by atoms with van der Waals surface area (Å²) in [7, 11) is 3.44. The number of piperidine rings is 1.